The van der Waals surface area contributed by atoms with Crippen LogP contribution in [0.25, 0.3) is 0 Å². The maximum absolute atomic E-state index is 12.0. The third kappa shape index (κ3) is 8.82. The molecule has 166 valence electrons. The second kappa shape index (κ2) is 12.1. The van der Waals surface area contributed by atoms with E-state index in [4.69, 9.17) is 4.74 Å². The van der Waals surface area contributed by atoms with Gasteiger partial charge in [0.1, 0.15) is 5.60 Å². The van der Waals surface area contributed by atoms with Crippen LogP contribution in [0.4, 0.5) is 4.79 Å². The van der Waals surface area contributed by atoms with Crippen molar-refractivity contribution in [3.05, 3.63) is 71.8 Å². The van der Waals surface area contributed by atoms with Crippen LogP contribution in [0.1, 0.15) is 63.5 Å². The molecule has 0 aromatic heterocycles. The highest BCUT2D eigenvalue weighted by Crippen LogP contribution is 2.30. The molecule has 0 spiro atoms. The first-order valence-corrected chi connectivity index (χ1v) is 10.9. The van der Waals surface area contributed by atoms with Crippen LogP contribution in [0.5, 0.6) is 0 Å². The molecule has 2 N–H and O–H groups in total. The van der Waals surface area contributed by atoms with Gasteiger partial charge in [-0.1, -0.05) is 67.1 Å². The van der Waals surface area contributed by atoms with Crippen molar-refractivity contribution >= 4 is 6.09 Å². The fourth-order valence-electron chi connectivity index (χ4n) is 3.70. The summed E-state index contributed by atoms with van der Waals surface area (Å²) in [6, 6.07) is 22.7. The third-order valence-corrected chi connectivity index (χ3v) is 5.14. The molecule has 2 aromatic rings. The first kappa shape index (κ1) is 24.4. The van der Waals surface area contributed by atoms with Gasteiger partial charge in [0.2, 0.25) is 0 Å². The molecule has 0 aliphatic heterocycles. The Balaban J connectivity index is 1.94. The van der Waals surface area contributed by atoms with Crippen LogP contribution in [0.3, 0.4) is 0 Å². The summed E-state index contributed by atoms with van der Waals surface area (Å²) in [5.41, 5.74) is 1.92. The fraction of sp³-hybridized carbons (Fsp3) is 0.462. The quantitative estimate of drug-likeness (QED) is 0.537. The number of carbonyl (C=O) groups is 1. The number of alkyl carbamates (subject to hydrolysis) is 1. The molecule has 0 aliphatic carbocycles. The summed E-state index contributed by atoms with van der Waals surface area (Å²) in [6.07, 6.45) is 2.33. The van der Waals surface area contributed by atoms with Crippen LogP contribution >= 0.6 is 0 Å². The SMILES string of the molecule is CC(C)(C)OC(=O)NC(CO)CC(C#N)CCCC(c1ccccc1)c1ccccc1. The van der Waals surface area contributed by atoms with E-state index in [1.807, 2.05) is 12.1 Å². The summed E-state index contributed by atoms with van der Waals surface area (Å²) >= 11 is 0. The Bertz CT molecular complexity index is 786. The number of nitrogens with one attached hydrogen (secondary N) is 1. The number of rotatable bonds is 10. The molecule has 2 unspecified atom stereocenters. The van der Waals surface area contributed by atoms with Crippen molar-refractivity contribution in [3.8, 4) is 6.07 Å². The molecule has 0 radical (unpaired) electrons. The van der Waals surface area contributed by atoms with Gasteiger partial charge in [-0.25, -0.2) is 4.79 Å². The van der Waals surface area contributed by atoms with Crippen molar-refractivity contribution in [2.24, 2.45) is 5.92 Å². The molecular formula is C26H34N2O3. The Kier molecular flexibility index (Phi) is 9.55. The lowest BCUT2D eigenvalue weighted by atomic mass is 9.85. The minimum atomic E-state index is -0.609. The number of aliphatic hydroxyl groups is 1. The zero-order valence-electron chi connectivity index (χ0n) is 18.8. The highest BCUT2D eigenvalue weighted by Gasteiger charge is 2.22. The van der Waals surface area contributed by atoms with Gasteiger partial charge in [0, 0.05) is 11.8 Å². The zero-order valence-corrected chi connectivity index (χ0v) is 18.8. The van der Waals surface area contributed by atoms with Crippen molar-refractivity contribution < 1.29 is 14.6 Å². The molecule has 5 nitrogen and oxygen atoms in total. The van der Waals surface area contributed by atoms with E-state index < -0.39 is 17.7 Å². The van der Waals surface area contributed by atoms with Crippen molar-refractivity contribution in [2.75, 3.05) is 6.61 Å². The Hall–Kier alpha value is -2.84. The number of benzene rings is 2. The van der Waals surface area contributed by atoms with E-state index in [9.17, 15) is 15.2 Å². The highest BCUT2D eigenvalue weighted by molar-refractivity contribution is 5.68. The molecule has 2 aromatic carbocycles. The number of nitriles is 1. The van der Waals surface area contributed by atoms with Gasteiger partial charge in [0.25, 0.3) is 0 Å². The van der Waals surface area contributed by atoms with E-state index >= 15 is 0 Å². The van der Waals surface area contributed by atoms with E-state index in [0.29, 0.717) is 12.8 Å². The lowest BCUT2D eigenvalue weighted by molar-refractivity contribution is 0.0474. The van der Waals surface area contributed by atoms with E-state index in [-0.39, 0.29) is 18.4 Å². The number of nitrogens with zero attached hydrogens (tertiary/aromatic N) is 1. The molecule has 0 saturated carbocycles. The summed E-state index contributed by atoms with van der Waals surface area (Å²) in [5, 5.41) is 21.9. The molecule has 31 heavy (non-hydrogen) atoms. The monoisotopic (exact) mass is 422 g/mol. The minimum Gasteiger partial charge on any atom is -0.444 e. The van der Waals surface area contributed by atoms with Crippen LogP contribution in [-0.4, -0.2) is 29.4 Å². The standard InChI is InChI=1S/C26H34N2O3/c1-26(2,3)31-25(30)28-23(19-29)17-20(18-27)11-10-16-24(21-12-6-4-7-13-21)22-14-8-5-9-15-22/h4-9,12-15,20,23-24,29H,10-11,16-17,19H2,1-3H3,(H,28,30). The van der Waals surface area contributed by atoms with Gasteiger partial charge in [0.15, 0.2) is 0 Å². The Morgan fingerprint density at radius 3 is 2.03 bits per heavy atom. The normalized spacial score (nSPS) is 13.3. The first-order chi connectivity index (χ1) is 14.8. The largest absolute Gasteiger partial charge is 0.444 e. The topological polar surface area (TPSA) is 82.3 Å². The third-order valence-electron chi connectivity index (χ3n) is 5.14. The summed E-state index contributed by atoms with van der Waals surface area (Å²) in [4.78, 5) is 12.0. The van der Waals surface area contributed by atoms with Gasteiger partial charge in [-0.15, -0.1) is 0 Å². The average Bonchev–Trinajstić information content (AvgIpc) is 2.75. The van der Waals surface area contributed by atoms with Crippen LogP contribution in [0.15, 0.2) is 60.7 Å². The van der Waals surface area contributed by atoms with Gasteiger partial charge in [0.05, 0.1) is 18.7 Å². The number of amides is 1. The smallest absolute Gasteiger partial charge is 0.407 e. The Morgan fingerprint density at radius 1 is 1.03 bits per heavy atom. The van der Waals surface area contributed by atoms with Crippen LogP contribution in [0.2, 0.25) is 0 Å². The highest BCUT2D eigenvalue weighted by atomic mass is 16.6. The number of carbonyl (C=O) groups excluding carboxylic acids is 1. The van der Waals surface area contributed by atoms with Crippen molar-refractivity contribution in [2.45, 2.75) is 64.0 Å². The van der Waals surface area contributed by atoms with Gasteiger partial charge >= 0.3 is 6.09 Å². The molecule has 0 aliphatic rings. The van der Waals surface area contributed by atoms with Crippen LogP contribution < -0.4 is 5.32 Å². The van der Waals surface area contributed by atoms with Crippen LogP contribution in [0, 0.1) is 17.2 Å². The molecule has 0 fully saturated rings. The first-order valence-electron chi connectivity index (χ1n) is 10.9. The van der Waals surface area contributed by atoms with Gasteiger partial charge in [-0.3, -0.25) is 0 Å². The summed E-state index contributed by atoms with van der Waals surface area (Å²) in [5.74, 6) is 0.0227. The molecule has 0 bridgehead atoms. The van der Waals surface area contributed by atoms with Crippen molar-refractivity contribution in [3.63, 3.8) is 0 Å². The second-order valence-corrected chi connectivity index (χ2v) is 8.89. The Morgan fingerprint density at radius 2 is 1.58 bits per heavy atom. The number of hydrogen-bond donors (Lipinski definition) is 2. The second-order valence-electron chi connectivity index (χ2n) is 8.89. The molecule has 0 saturated heterocycles. The zero-order chi connectivity index (χ0) is 22.7. The summed E-state index contributed by atoms with van der Waals surface area (Å²) < 4.78 is 5.25. The maximum atomic E-state index is 12.0. The van der Waals surface area contributed by atoms with Gasteiger partial charge in [-0.2, -0.15) is 5.26 Å². The van der Waals surface area contributed by atoms with Gasteiger partial charge in [-0.05, 0) is 51.2 Å². The average molecular weight is 423 g/mol. The van der Waals surface area contributed by atoms with E-state index in [2.05, 4.69) is 59.9 Å². The molecule has 1 amide bonds. The predicted molar refractivity (Wildman–Crippen MR) is 123 cm³/mol. The lowest BCUT2D eigenvalue weighted by Crippen LogP contribution is -2.41. The van der Waals surface area contributed by atoms with Crippen molar-refractivity contribution in [1.29, 1.82) is 5.26 Å². The van der Waals surface area contributed by atoms with Crippen LogP contribution in [-0.2, 0) is 4.74 Å². The van der Waals surface area contributed by atoms with Crippen molar-refractivity contribution in [1.82, 2.24) is 5.32 Å². The molecule has 0 heterocycles. The van der Waals surface area contributed by atoms with E-state index in [1.54, 1.807) is 20.8 Å². The Labute approximate surface area is 186 Å². The van der Waals surface area contributed by atoms with E-state index in [1.165, 1.54) is 11.1 Å². The molecule has 5 heteroatoms. The summed E-state index contributed by atoms with van der Waals surface area (Å²) in [7, 11) is 0. The van der Waals surface area contributed by atoms with E-state index in [0.717, 1.165) is 12.8 Å². The summed E-state index contributed by atoms with van der Waals surface area (Å²) in [6.45, 7) is 5.13. The lowest BCUT2D eigenvalue weighted by Gasteiger charge is -2.24. The molecule has 2 rings (SSSR count). The molecular weight excluding hydrogens is 388 g/mol. The predicted octanol–water partition coefficient (Wildman–Crippen LogP) is 5.40. The molecule has 2 atom stereocenters. The fourth-order valence-corrected chi connectivity index (χ4v) is 3.70. The number of hydrogen-bond acceptors (Lipinski definition) is 4. The number of ether oxygens (including phenoxy) is 1. The maximum Gasteiger partial charge on any atom is 0.407 e. The minimum absolute atomic E-state index is 0.228. The van der Waals surface area contributed by atoms with Gasteiger partial charge < -0.3 is 15.2 Å². The number of aliphatic hydroxyl groups excluding tert-OH is 1.